The fraction of sp³-hybridized carbons (Fsp3) is 0.300. The first kappa shape index (κ1) is 10.7. The monoisotopic (exact) mass is 164 g/mol. The highest BCUT2D eigenvalue weighted by Gasteiger charge is 1.90. The number of allylic oxidation sites excluding steroid dienone is 5. The summed E-state index contributed by atoms with van der Waals surface area (Å²) >= 11 is 0. The van der Waals surface area contributed by atoms with Gasteiger partial charge in [-0.2, -0.15) is 0 Å². The van der Waals surface area contributed by atoms with Gasteiger partial charge in [-0.25, -0.2) is 4.99 Å². The van der Waals surface area contributed by atoms with Crippen LogP contribution in [0.4, 0.5) is 0 Å². The first-order valence-electron chi connectivity index (χ1n) is 4.00. The summed E-state index contributed by atoms with van der Waals surface area (Å²) < 4.78 is 0. The van der Waals surface area contributed by atoms with Crippen LogP contribution in [0.2, 0.25) is 0 Å². The van der Waals surface area contributed by atoms with Gasteiger partial charge in [-0.05, 0) is 18.9 Å². The molecule has 0 rings (SSSR count). The molecule has 0 aliphatic rings. The van der Waals surface area contributed by atoms with Crippen molar-refractivity contribution in [2.45, 2.75) is 20.3 Å². The van der Waals surface area contributed by atoms with E-state index < -0.39 is 0 Å². The summed E-state index contributed by atoms with van der Waals surface area (Å²) in [6, 6.07) is 0. The van der Waals surface area contributed by atoms with Crippen LogP contribution in [0.15, 0.2) is 41.1 Å². The minimum atomic E-state index is 0.886. The van der Waals surface area contributed by atoms with Crippen LogP contribution >= 0.6 is 0 Å². The topological polar surface area (TPSA) is 38.4 Å². The van der Waals surface area contributed by atoms with Crippen molar-refractivity contribution in [1.29, 1.82) is 0 Å². The van der Waals surface area contributed by atoms with Gasteiger partial charge < -0.3 is 5.73 Å². The van der Waals surface area contributed by atoms with E-state index in [0.717, 1.165) is 17.7 Å². The van der Waals surface area contributed by atoms with Gasteiger partial charge in [0, 0.05) is 5.70 Å². The zero-order valence-corrected chi connectivity index (χ0v) is 7.75. The highest BCUT2D eigenvalue weighted by atomic mass is 14.8. The Morgan fingerprint density at radius 2 is 2.25 bits per heavy atom. The van der Waals surface area contributed by atoms with Crippen molar-refractivity contribution in [1.82, 2.24) is 0 Å². The number of nitrogens with two attached hydrogens (primary N) is 1. The maximum Gasteiger partial charge on any atom is 0.0856 e. The second-order valence-electron chi connectivity index (χ2n) is 2.33. The van der Waals surface area contributed by atoms with Crippen LogP contribution in [0, 0.1) is 0 Å². The summed E-state index contributed by atoms with van der Waals surface area (Å²) in [5.41, 5.74) is 7.07. The van der Waals surface area contributed by atoms with Gasteiger partial charge in [0.05, 0.1) is 6.34 Å². The Balaban J connectivity index is 4.60. The van der Waals surface area contributed by atoms with E-state index in [0.29, 0.717) is 0 Å². The number of hydrogen-bond donors (Lipinski definition) is 1. The summed E-state index contributed by atoms with van der Waals surface area (Å²) in [6.45, 7) is 7.68. The molecule has 0 bridgehead atoms. The lowest BCUT2D eigenvalue weighted by Gasteiger charge is -1.96. The standard InChI is InChI=1S/C10H16N2/c1-4-6-7-10(5-2)9(3)12-8-11/h5-8H,2,4H2,1,3H3,(H2,11,12)/b7-6-,10-9+. The zero-order chi connectivity index (χ0) is 9.40. The molecule has 0 fully saturated rings. The van der Waals surface area contributed by atoms with Gasteiger partial charge in [-0.15, -0.1) is 0 Å². The summed E-state index contributed by atoms with van der Waals surface area (Å²) in [5.74, 6) is 0. The van der Waals surface area contributed by atoms with Crippen LogP contribution in [0.25, 0.3) is 0 Å². The summed E-state index contributed by atoms with van der Waals surface area (Å²) in [6.07, 6.45) is 8.13. The molecule has 0 atom stereocenters. The Kier molecular flexibility index (Phi) is 5.70. The Hall–Kier alpha value is -1.31. The summed E-state index contributed by atoms with van der Waals surface area (Å²) in [4.78, 5) is 3.96. The first-order valence-corrected chi connectivity index (χ1v) is 4.00. The largest absolute Gasteiger partial charge is 0.390 e. The normalized spacial score (nSPS) is 13.8. The van der Waals surface area contributed by atoms with Crippen LogP contribution in [0.5, 0.6) is 0 Å². The molecule has 0 aromatic carbocycles. The number of nitrogens with zero attached hydrogens (tertiary/aromatic N) is 1. The molecular formula is C10H16N2. The Morgan fingerprint density at radius 3 is 2.67 bits per heavy atom. The molecule has 2 nitrogen and oxygen atoms in total. The van der Waals surface area contributed by atoms with E-state index in [1.54, 1.807) is 6.08 Å². The molecule has 0 aromatic heterocycles. The van der Waals surface area contributed by atoms with E-state index >= 15 is 0 Å². The molecule has 12 heavy (non-hydrogen) atoms. The lowest BCUT2D eigenvalue weighted by molar-refractivity contribution is 1.21. The molecule has 66 valence electrons. The molecule has 0 radical (unpaired) electrons. The first-order chi connectivity index (χ1) is 5.76. The quantitative estimate of drug-likeness (QED) is 0.387. The van der Waals surface area contributed by atoms with Gasteiger partial charge >= 0.3 is 0 Å². The van der Waals surface area contributed by atoms with E-state index in [9.17, 15) is 0 Å². The molecule has 0 spiro atoms. The Bertz CT molecular complexity index is 222. The highest BCUT2D eigenvalue weighted by molar-refractivity contribution is 5.54. The minimum absolute atomic E-state index is 0.886. The van der Waals surface area contributed by atoms with E-state index in [1.807, 2.05) is 13.0 Å². The van der Waals surface area contributed by atoms with Crippen LogP contribution in [-0.4, -0.2) is 6.34 Å². The van der Waals surface area contributed by atoms with Crippen molar-refractivity contribution in [3.05, 3.63) is 36.1 Å². The highest BCUT2D eigenvalue weighted by Crippen LogP contribution is 2.07. The molecule has 0 saturated carbocycles. The lowest BCUT2D eigenvalue weighted by Crippen LogP contribution is -1.89. The zero-order valence-electron chi connectivity index (χ0n) is 7.75. The SMILES string of the molecule is C=CC(/C=C\CC)=C(C)\N=C/N. The second kappa shape index (κ2) is 6.40. The molecule has 2 heteroatoms. The van der Waals surface area contributed by atoms with E-state index in [2.05, 4.69) is 24.6 Å². The maximum absolute atomic E-state index is 5.17. The van der Waals surface area contributed by atoms with Crippen LogP contribution in [0.1, 0.15) is 20.3 Å². The predicted octanol–water partition coefficient (Wildman–Crippen LogP) is 2.40. The fourth-order valence-corrected chi connectivity index (χ4v) is 0.768. The third-order valence-electron chi connectivity index (χ3n) is 1.44. The lowest BCUT2D eigenvalue weighted by atomic mass is 10.2. The molecule has 0 heterocycles. The van der Waals surface area contributed by atoms with Gasteiger partial charge in [0.1, 0.15) is 0 Å². The van der Waals surface area contributed by atoms with Crippen molar-refractivity contribution in [3.8, 4) is 0 Å². The number of aliphatic imine (C=N–C) groups is 1. The average molecular weight is 164 g/mol. The van der Waals surface area contributed by atoms with Gasteiger partial charge in [-0.1, -0.05) is 31.7 Å². The summed E-state index contributed by atoms with van der Waals surface area (Å²) in [7, 11) is 0. The fourth-order valence-electron chi connectivity index (χ4n) is 0.768. The molecule has 0 aliphatic heterocycles. The molecule has 0 unspecified atom stereocenters. The van der Waals surface area contributed by atoms with Gasteiger partial charge in [0.15, 0.2) is 0 Å². The third kappa shape index (κ3) is 3.76. The summed E-state index contributed by atoms with van der Waals surface area (Å²) in [5, 5.41) is 0. The van der Waals surface area contributed by atoms with Crippen molar-refractivity contribution >= 4 is 6.34 Å². The average Bonchev–Trinajstić information content (AvgIpc) is 2.06. The van der Waals surface area contributed by atoms with E-state index in [1.165, 1.54) is 6.34 Å². The smallest absolute Gasteiger partial charge is 0.0856 e. The predicted molar refractivity (Wildman–Crippen MR) is 55.0 cm³/mol. The molecule has 0 aliphatic carbocycles. The van der Waals surface area contributed by atoms with Crippen molar-refractivity contribution in [2.75, 3.05) is 0 Å². The minimum Gasteiger partial charge on any atom is -0.390 e. The Labute approximate surface area is 74.2 Å². The van der Waals surface area contributed by atoms with Crippen molar-refractivity contribution in [2.24, 2.45) is 10.7 Å². The Morgan fingerprint density at radius 1 is 1.58 bits per heavy atom. The van der Waals surface area contributed by atoms with Crippen molar-refractivity contribution in [3.63, 3.8) is 0 Å². The molecule has 0 saturated heterocycles. The third-order valence-corrected chi connectivity index (χ3v) is 1.44. The van der Waals surface area contributed by atoms with Crippen molar-refractivity contribution < 1.29 is 0 Å². The molecule has 0 aromatic rings. The van der Waals surface area contributed by atoms with Crippen LogP contribution in [0.3, 0.4) is 0 Å². The van der Waals surface area contributed by atoms with Gasteiger partial charge in [0.2, 0.25) is 0 Å². The van der Waals surface area contributed by atoms with Crippen LogP contribution < -0.4 is 5.73 Å². The number of rotatable bonds is 4. The van der Waals surface area contributed by atoms with E-state index in [4.69, 9.17) is 5.73 Å². The van der Waals surface area contributed by atoms with Crippen LogP contribution in [-0.2, 0) is 0 Å². The van der Waals surface area contributed by atoms with E-state index in [-0.39, 0.29) is 0 Å². The molecule has 2 N–H and O–H groups in total. The maximum atomic E-state index is 5.17. The molecule has 0 amide bonds. The molecular weight excluding hydrogens is 148 g/mol. The number of hydrogen-bond acceptors (Lipinski definition) is 1. The van der Waals surface area contributed by atoms with Gasteiger partial charge in [0.25, 0.3) is 0 Å². The van der Waals surface area contributed by atoms with Gasteiger partial charge in [-0.3, -0.25) is 0 Å². The second-order valence-corrected chi connectivity index (χ2v) is 2.33.